The topological polar surface area (TPSA) is 42.0 Å². The molecule has 0 bridgehead atoms. The normalized spacial score (nSPS) is 10.6. The van der Waals surface area contributed by atoms with Gasteiger partial charge in [0.2, 0.25) is 0 Å². The lowest BCUT2D eigenvalue weighted by atomic mass is 10.0. The molecule has 100 valence electrons. The lowest BCUT2D eigenvalue weighted by Gasteiger charge is -2.12. The van der Waals surface area contributed by atoms with Gasteiger partial charge in [-0.3, -0.25) is 4.79 Å². The van der Waals surface area contributed by atoms with E-state index in [2.05, 4.69) is 29.4 Å². The fourth-order valence-electron chi connectivity index (χ4n) is 2.29. The molecule has 2 rings (SSSR count). The summed E-state index contributed by atoms with van der Waals surface area (Å²) in [5, 5.41) is 3.90. The van der Waals surface area contributed by atoms with Crippen LogP contribution in [0.25, 0.3) is 0 Å². The van der Waals surface area contributed by atoms with Crippen LogP contribution in [0.3, 0.4) is 0 Å². The van der Waals surface area contributed by atoms with Crippen molar-refractivity contribution < 1.29 is 4.79 Å². The number of anilines is 1. The van der Waals surface area contributed by atoms with Crippen molar-refractivity contribution in [2.45, 2.75) is 34.6 Å². The maximum Gasteiger partial charge on any atom is 0.275 e. The molecule has 0 saturated heterocycles. The van der Waals surface area contributed by atoms with Crippen LogP contribution in [0.4, 0.5) is 5.69 Å². The molecule has 0 aliphatic carbocycles. The molecular formula is C15H18N2OS. The first-order valence-corrected chi connectivity index (χ1v) is 7.03. The predicted molar refractivity (Wildman–Crippen MR) is 80.2 cm³/mol. The van der Waals surface area contributed by atoms with Gasteiger partial charge in [0, 0.05) is 10.6 Å². The van der Waals surface area contributed by atoms with Crippen LogP contribution in [0.15, 0.2) is 12.1 Å². The molecule has 1 aromatic carbocycles. The van der Waals surface area contributed by atoms with Gasteiger partial charge in [0.05, 0.1) is 5.01 Å². The second-order valence-electron chi connectivity index (χ2n) is 4.87. The second-order valence-corrected chi connectivity index (χ2v) is 6.27. The minimum absolute atomic E-state index is 0.128. The van der Waals surface area contributed by atoms with Crippen LogP contribution < -0.4 is 5.32 Å². The van der Waals surface area contributed by atoms with E-state index in [1.165, 1.54) is 5.56 Å². The highest BCUT2D eigenvalue weighted by Crippen LogP contribution is 2.24. The minimum atomic E-state index is -0.128. The van der Waals surface area contributed by atoms with E-state index in [9.17, 15) is 4.79 Å². The van der Waals surface area contributed by atoms with Gasteiger partial charge in [-0.05, 0) is 45.7 Å². The number of hydrogen-bond donors (Lipinski definition) is 1. The summed E-state index contributed by atoms with van der Waals surface area (Å²) >= 11 is 1.55. The predicted octanol–water partition coefficient (Wildman–Crippen LogP) is 3.94. The highest BCUT2D eigenvalue weighted by Gasteiger charge is 2.15. The molecule has 1 amide bonds. The Kier molecular flexibility index (Phi) is 3.71. The summed E-state index contributed by atoms with van der Waals surface area (Å²) in [7, 11) is 0. The molecule has 1 N–H and O–H groups in total. The number of nitrogens with one attached hydrogen (secondary N) is 1. The highest BCUT2D eigenvalue weighted by atomic mass is 32.1. The van der Waals surface area contributed by atoms with Crippen LogP contribution in [0.1, 0.15) is 37.1 Å². The monoisotopic (exact) mass is 274 g/mol. The Balaban J connectivity index is 2.32. The SMILES string of the molecule is Cc1cc(C)c(NC(=O)c2nc(C)sc2C)c(C)c1. The van der Waals surface area contributed by atoms with Crippen molar-refractivity contribution in [1.29, 1.82) is 0 Å². The summed E-state index contributed by atoms with van der Waals surface area (Å²) in [5.41, 5.74) is 4.78. The van der Waals surface area contributed by atoms with Crippen molar-refractivity contribution in [2.75, 3.05) is 5.32 Å². The average molecular weight is 274 g/mol. The molecule has 19 heavy (non-hydrogen) atoms. The van der Waals surface area contributed by atoms with Crippen molar-refractivity contribution in [3.05, 3.63) is 44.4 Å². The fourth-order valence-corrected chi connectivity index (χ4v) is 3.10. The van der Waals surface area contributed by atoms with E-state index >= 15 is 0 Å². The summed E-state index contributed by atoms with van der Waals surface area (Å²) in [4.78, 5) is 17.5. The zero-order chi connectivity index (χ0) is 14.2. The first-order valence-electron chi connectivity index (χ1n) is 6.21. The van der Waals surface area contributed by atoms with Crippen LogP contribution >= 0.6 is 11.3 Å². The summed E-state index contributed by atoms with van der Waals surface area (Å²) < 4.78 is 0. The molecule has 0 spiro atoms. The summed E-state index contributed by atoms with van der Waals surface area (Å²) in [6.07, 6.45) is 0. The Hall–Kier alpha value is -1.68. The Labute approximate surface area is 117 Å². The number of hydrogen-bond acceptors (Lipinski definition) is 3. The lowest BCUT2D eigenvalue weighted by Crippen LogP contribution is -2.15. The van der Waals surface area contributed by atoms with E-state index in [4.69, 9.17) is 0 Å². The van der Waals surface area contributed by atoms with Crippen molar-refractivity contribution in [1.82, 2.24) is 4.98 Å². The number of nitrogens with zero attached hydrogens (tertiary/aromatic N) is 1. The van der Waals surface area contributed by atoms with Crippen LogP contribution in [0.5, 0.6) is 0 Å². The molecule has 0 saturated carbocycles. The van der Waals surface area contributed by atoms with E-state index in [0.29, 0.717) is 5.69 Å². The maximum absolute atomic E-state index is 12.3. The first-order chi connectivity index (χ1) is 8.88. The molecule has 0 atom stereocenters. The van der Waals surface area contributed by atoms with E-state index in [0.717, 1.165) is 26.7 Å². The zero-order valence-electron chi connectivity index (χ0n) is 11.9. The van der Waals surface area contributed by atoms with Crippen LogP contribution in [0.2, 0.25) is 0 Å². The largest absolute Gasteiger partial charge is 0.320 e. The van der Waals surface area contributed by atoms with Gasteiger partial charge < -0.3 is 5.32 Å². The van der Waals surface area contributed by atoms with Gasteiger partial charge >= 0.3 is 0 Å². The zero-order valence-corrected chi connectivity index (χ0v) is 12.7. The van der Waals surface area contributed by atoms with E-state index in [1.807, 2.05) is 27.7 Å². The van der Waals surface area contributed by atoms with Gasteiger partial charge in [-0.1, -0.05) is 17.7 Å². The van der Waals surface area contributed by atoms with Crippen LogP contribution in [0, 0.1) is 34.6 Å². The average Bonchev–Trinajstić information content (AvgIpc) is 2.62. The van der Waals surface area contributed by atoms with Gasteiger partial charge in [0.15, 0.2) is 0 Å². The third kappa shape index (κ3) is 2.84. The van der Waals surface area contributed by atoms with Gasteiger partial charge in [0.25, 0.3) is 5.91 Å². The quantitative estimate of drug-likeness (QED) is 0.901. The summed E-state index contributed by atoms with van der Waals surface area (Å²) in [6, 6.07) is 4.14. The molecule has 0 radical (unpaired) electrons. The van der Waals surface area contributed by atoms with E-state index < -0.39 is 0 Å². The van der Waals surface area contributed by atoms with Gasteiger partial charge in [0.1, 0.15) is 5.69 Å². The van der Waals surface area contributed by atoms with Crippen molar-refractivity contribution in [3.63, 3.8) is 0 Å². The van der Waals surface area contributed by atoms with Gasteiger partial charge in [-0.25, -0.2) is 4.98 Å². The molecule has 1 aromatic heterocycles. The molecule has 3 nitrogen and oxygen atoms in total. The van der Waals surface area contributed by atoms with E-state index in [-0.39, 0.29) is 5.91 Å². The van der Waals surface area contributed by atoms with Gasteiger partial charge in [-0.2, -0.15) is 0 Å². The number of thiazole rings is 1. The third-order valence-corrected chi connectivity index (χ3v) is 3.92. The Morgan fingerprint density at radius 1 is 1.11 bits per heavy atom. The molecule has 4 heteroatoms. The fraction of sp³-hybridized carbons (Fsp3) is 0.333. The molecule has 0 aliphatic rings. The smallest absolute Gasteiger partial charge is 0.275 e. The Bertz CT molecular complexity index is 621. The molecular weight excluding hydrogens is 256 g/mol. The van der Waals surface area contributed by atoms with Crippen LogP contribution in [-0.4, -0.2) is 10.9 Å². The Morgan fingerprint density at radius 3 is 2.16 bits per heavy atom. The first kappa shape index (κ1) is 13.7. The second kappa shape index (κ2) is 5.13. The molecule has 0 aliphatic heterocycles. The number of aromatic nitrogens is 1. The van der Waals surface area contributed by atoms with Crippen LogP contribution in [-0.2, 0) is 0 Å². The lowest BCUT2D eigenvalue weighted by molar-refractivity contribution is 0.102. The molecule has 0 unspecified atom stereocenters. The minimum Gasteiger partial charge on any atom is -0.320 e. The van der Waals surface area contributed by atoms with Crippen molar-refractivity contribution >= 4 is 22.9 Å². The number of benzene rings is 1. The number of carbonyl (C=O) groups is 1. The standard InChI is InChI=1S/C15H18N2OS/c1-8-6-9(2)13(10(3)7-8)17-15(18)14-11(4)19-12(5)16-14/h6-7H,1-5H3,(H,17,18). The highest BCUT2D eigenvalue weighted by molar-refractivity contribution is 7.11. The number of aryl methyl sites for hydroxylation is 5. The molecule has 0 fully saturated rings. The molecule has 2 aromatic rings. The number of carbonyl (C=O) groups excluding carboxylic acids is 1. The van der Waals surface area contributed by atoms with Crippen molar-refractivity contribution in [2.24, 2.45) is 0 Å². The number of rotatable bonds is 2. The molecule has 1 heterocycles. The number of amides is 1. The van der Waals surface area contributed by atoms with Crippen molar-refractivity contribution in [3.8, 4) is 0 Å². The summed E-state index contributed by atoms with van der Waals surface area (Å²) in [5.74, 6) is -0.128. The van der Waals surface area contributed by atoms with Gasteiger partial charge in [-0.15, -0.1) is 11.3 Å². The summed E-state index contributed by atoms with van der Waals surface area (Å²) in [6.45, 7) is 9.91. The maximum atomic E-state index is 12.3. The third-order valence-electron chi connectivity index (χ3n) is 3.03. The Morgan fingerprint density at radius 2 is 1.68 bits per heavy atom. The van der Waals surface area contributed by atoms with E-state index in [1.54, 1.807) is 11.3 Å².